The zero-order chi connectivity index (χ0) is 11.4. The van der Waals surface area contributed by atoms with Crippen molar-refractivity contribution in [2.24, 2.45) is 0 Å². The largest absolute Gasteiger partial charge is 0.375 e. The van der Waals surface area contributed by atoms with E-state index in [9.17, 15) is 0 Å². The molecule has 2 rings (SSSR count). The van der Waals surface area contributed by atoms with Crippen molar-refractivity contribution in [3.8, 4) is 6.07 Å². The number of rotatable bonds is 3. The summed E-state index contributed by atoms with van der Waals surface area (Å²) in [7, 11) is 0. The first-order valence-corrected chi connectivity index (χ1v) is 6.41. The molecule has 0 saturated carbocycles. The number of hydrogen-bond donors (Lipinski definition) is 1. The minimum absolute atomic E-state index is 0.599. The van der Waals surface area contributed by atoms with Gasteiger partial charge in [-0.3, -0.25) is 0 Å². The lowest BCUT2D eigenvalue weighted by Crippen LogP contribution is -1.80. The van der Waals surface area contributed by atoms with E-state index in [1.54, 1.807) is 18.0 Å². The van der Waals surface area contributed by atoms with Crippen LogP contribution in [0.3, 0.4) is 0 Å². The van der Waals surface area contributed by atoms with Crippen LogP contribution in [0.2, 0.25) is 0 Å². The van der Waals surface area contributed by atoms with Crippen LogP contribution < -0.4 is 5.73 Å². The monoisotopic (exact) mass is 247 g/mol. The van der Waals surface area contributed by atoms with Gasteiger partial charge in [0.15, 0.2) is 5.13 Å². The van der Waals surface area contributed by atoms with E-state index in [4.69, 9.17) is 11.0 Å². The fraction of sp³-hybridized carbons (Fsp3) is 0.0909. The van der Waals surface area contributed by atoms with Crippen LogP contribution in [0, 0.1) is 11.3 Å². The van der Waals surface area contributed by atoms with Crippen LogP contribution in [0.1, 0.15) is 11.1 Å². The van der Waals surface area contributed by atoms with Crippen molar-refractivity contribution in [1.29, 1.82) is 5.26 Å². The van der Waals surface area contributed by atoms with Crippen molar-refractivity contribution < 1.29 is 0 Å². The van der Waals surface area contributed by atoms with Gasteiger partial charge in [0.05, 0.1) is 22.0 Å². The molecule has 5 heteroatoms. The Morgan fingerprint density at radius 1 is 1.38 bits per heavy atom. The van der Waals surface area contributed by atoms with Crippen LogP contribution in [0.15, 0.2) is 34.7 Å². The summed E-state index contributed by atoms with van der Waals surface area (Å²) in [5.74, 6) is 0.868. The fourth-order valence-corrected chi connectivity index (χ4v) is 2.88. The number of thioether (sulfide) groups is 1. The molecule has 1 heterocycles. The van der Waals surface area contributed by atoms with Gasteiger partial charge in [-0.05, 0) is 17.7 Å². The average molecular weight is 247 g/mol. The molecule has 0 aliphatic rings. The second-order valence-corrected chi connectivity index (χ2v) is 5.45. The Hall–Kier alpha value is -1.51. The van der Waals surface area contributed by atoms with Crippen LogP contribution >= 0.6 is 23.1 Å². The lowest BCUT2D eigenvalue weighted by atomic mass is 10.2. The first kappa shape index (κ1) is 11.0. The van der Waals surface area contributed by atoms with Crippen LogP contribution in [0.4, 0.5) is 5.13 Å². The maximum absolute atomic E-state index is 8.66. The number of nitrogens with two attached hydrogens (primary N) is 1. The molecule has 0 fully saturated rings. The number of anilines is 1. The summed E-state index contributed by atoms with van der Waals surface area (Å²) < 4.78 is 1.11. The molecule has 0 saturated heterocycles. The molecule has 0 atom stereocenters. The lowest BCUT2D eigenvalue weighted by Gasteiger charge is -1.98. The fourth-order valence-electron chi connectivity index (χ4n) is 1.17. The zero-order valence-corrected chi connectivity index (χ0v) is 10.0. The summed E-state index contributed by atoms with van der Waals surface area (Å²) in [5.41, 5.74) is 7.42. The second-order valence-electron chi connectivity index (χ2n) is 3.11. The van der Waals surface area contributed by atoms with Crippen molar-refractivity contribution in [3.63, 3.8) is 0 Å². The molecule has 1 aromatic carbocycles. The molecule has 0 amide bonds. The lowest BCUT2D eigenvalue weighted by molar-refractivity contribution is 1.36. The van der Waals surface area contributed by atoms with Crippen molar-refractivity contribution >= 4 is 28.2 Å². The predicted octanol–water partition coefficient (Wildman–Crippen LogP) is 2.89. The van der Waals surface area contributed by atoms with Gasteiger partial charge in [0.2, 0.25) is 0 Å². The van der Waals surface area contributed by atoms with Gasteiger partial charge in [0, 0.05) is 5.75 Å². The van der Waals surface area contributed by atoms with Gasteiger partial charge < -0.3 is 5.73 Å². The van der Waals surface area contributed by atoms with Gasteiger partial charge in [-0.15, -0.1) is 11.8 Å². The topological polar surface area (TPSA) is 62.7 Å². The zero-order valence-electron chi connectivity index (χ0n) is 8.38. The van der Waals surface area contributed by atoms with E-state index in [0.29, 0.717) is 10.7 Å². The number of nitrogens with zero attached hydrogens (tertiary/aromatic N) is 2. The van der Waals surface area contributed by atoms with E-state index in [2.05, 4.69) is 11.1 Å². The van der Waals surface area contributed by atoms with Gasteiger partial charge in [-0.1, -0.05) is 23.5 Å². The van der Waals surface area contributed by atoms with Gasteiger partial charge in [-0.25, -0.2) is 4.98 Å². The molecule has 1 aromatic heterocycles. The molecule has 0 unspecified atom stereocenters. The Balaban J connectivity index is 1.97. The Morgan fingerprint density at radius 2 is 2.12 bits per heavy atom. The average Bonchev–Trinajstić information content (AvgIpc) is 2.73. The first-order valence-electron chi connectivity index (χ1n) is 4.61. The predicted molar refractivity (Wildman–Crippen MR) is 67.2 cm³/mol. The Bertz CT molecular complexity index is 511. The SMILES string of the molecule is N#Cc1ccc(CSc2cnc(N)s2)cc1. The van der Waals surface area contributed by atoms with Crippen molar-refractivity contribution in [3.05, 3.63) is 41.6 Å². The number of nitrogen functional groups attached to an aromatic ring is 1. The quantitative estimate of drug-likeness (QED) is 0.847. The third-order valence-electron chi connectivity index (χ3n) is 1.97. The van der Waals surface area contributed by atoms with Crippen molar-refractivity contribution in [1.82, 2.24) is 4.98 Å². The standard InChI is InChI=1S/C11H9N3S2/c12-5-8-1-3-9(4-2-8)7-15-10-6-14-11(13)16-10/h1-4,6H,7H2,(H2,13,14). The van der Waals surface area contributed by atoms with Crippen LogP contribution in [0.25, 0.3) is 0 Å². The summed E-state index contributed by atoms with van der Waals surface area (Å²) in [5, 5.41) is 9.26. The number of hydrogen-bond acceptors (Lipinski definition) is 5. The Morgan fingerprint density at radius 3 is 2.69 bits per heavy atom. The van der Waals surface area contributed by atoms with E-state index < -0.39 is 0 Å². The van der Waals surface area contributed by atoms with E-state index >= 15 is 0 Å². The van der Waals surface area contributed by atoms with E-state index in [-0.39, 0.29) is 0 Å². The van der Waals surface area contributed by atoms with Gasteiger partial charge in [-0.2, -0.15) is 5.26 Å². The molecule has 3 nitrogen and oxygen atoms in total. The normalized spacial score (nSPS) is 9.94. The highest BCUT2D eigenvalue weighted by molar-refractivity contribution is 8.00. The summed E-state index contributed by atoms with van der Waals surface area (Å²) >= 11 is 3.19. The highest BCUT2D eigenvalue weighted by atomic mass is 32.2. The molecular formula is C11H9N3S2. The Kier molecular flexibility index (Phi) is 3.44. The van der Waals surface area contributed by atoms with Crippen LogP contribution in [-0.4, -0.2) is 4.98 Å². The maximum Gasteiger partial charge on any atom is 0.181 e. The number of benzene rings is 1. The van der Waals surface area contributed by atoms with Crippen molar-refractivity contribution in [2.75, 3.05) is 5.73 Å². The third-order valence-corrected chi connectivity index (χ3v) is 4.06. The minimum atomic E-state index is 0.599. The first-order chi connectivity index (χ1) is 7.78. The van der Waals surface area contributed by atoms with E-state index in [0.717, 1.165) is 9.96 Å². The molecule has 80 valence electrons. The molecular weight excluding hydrogens is 238 g/mol. The number of nitriles is 1. The van der Waals surface area contributed by atoms with Crippen LogP contribution in [0.5, 0.6) is 0 Å². The summed E-state index contributed by atoms with van der Waals surface area (Å²) in [6, 6.07) is 9.70. The van der Waals surface area contributed by atoms with E-state index in [1.165, 1.54) is 16.9 Å². The summed E-state index contributed by atoms with van der Waals surface area (Å²) in [6.45, 7) is 0. The minimum Gasteiger partial charge on any atom is -0.375 e. The van der Waals surface area contributed by atoms with Gasteiger partial charge in [0.1, 0.15) is 0 Å². The summed E-state index contributed by atoms with van der Waals surface area (Å²) in [6.07, 6.45) is 1.79. The van der Waals surface area contributed by atoms with E-state index in [1.807, 2.05) is 24.3 Å². The molecule has 0 aliphatic carbocycles. The number of aromatic nitrogens is 1. The molecule has 0 radical (unpaired) electrons. The molecule has 0 bridgehead atoms. The molecule has 2 N–H and O–H groups in total. The van der Waals surface area contributed by atoms with Gasteiger partial charge in [0.25, 0.3) is 0 Å². The highest BCUT2D eigenvalue weighted by Crippen LogP contribution is 2.29. The molecule has 16 heavy (non-hydrogen) atoms. The van der Waals surface area contributed by atoms with Gasteiger partial charge >= 0.3 is 0 Å². The Labute approximate surface area is 102 Å². The smallest absolute Gasteiger partial charge is 0.181 e. The molecule has 2 aromatic rings. The highest BCUT2D eigenvalue weighted by Gasteiger charge is 2.00. The summed E-state index contributed by atoms with van der Waals surface area (Å²) in [4.78, 5) is 3.99. The molecule has 0 spiro atoms. The second kappa shape index (κ2) is 5.01. The third kappa shape index (κ3) is 2.75. The number of thiazole rings is 1. The van der Waals surface area contributed by atoms with Crippen molar-refractivity contribution in [2.45, 2.75) is 9.96 Å². The van der Waals surface area contributed by atoms with Crippen LogP contribution in [-0.2, 0) is 5.75 Å². The maximum atomic E-state index is 8.66. The molecule has 0 aliphatic heterocycles.